The molecule has 5 heteroatoms. The monoisotopic (exact) mass is 261 g/mol. The molecule has 0 unspecified atom stereocenters. The molecule has 0 saturated heterocycles. The van der Waals surface area contributed by atoms with Crippen LogP contribution in [0.5, 0.6) is 0 Å². The number of rotatable bonds is 4. The molecule has 0 fully saturated rings. The van der Waals surface area contributed by atoms with E-state index in [0.717, 1.165) is 22.0 Å². The maximum Gasteiger partial charge on any atom is 0.206 e. The van der Waals surface area contributed by atoms with Crippen LogP contribution in [0.3, 0.4) is 0 Å². The van der Waals surface area contributed by atoms with E-state index in [1.165, 1.54) is 0 Å². The lowest BCUT2D eigenvalue weighted by molar-refractivity contribution is 0.527. The summed E-state index contributed by atoms with van der Waals surface area (Å²) < 4.78 is 7.23. The van der Waals surface area contributed by atoms with Crippen LogP contribution in [0.25, 0.3) is 0 Å². The molecule has 4 nitrogen and oxygen atoms in total. The Hall–Kier alpha value is -1.88. The molecule has 94 valence electrons. The standard InChI is InChI=1S/C13H15N3OS/c1-4-7-14-13-16(10(2)9-18-13)15-8-12-6-5-11(3)17-12/h4-6,8-9H,1,7H2,2-3H3. The summed E-state index contributed by atoms with van der Waals surface area (Å²) in [6.07, 6.45) is 3.46. The van der Waals surface area contributed by atoms with E-state index in [0.29, 0.717) is 6.54 Å². The third-order valence-electron chi connectivity index (χ3n) is 2.27. The van der Waals surface area contributed by atoms with Crippen molar-refractivity contribution in [3.8, 4) is 0 Å². The maximum atomic E-state index is 5.44. The summed E-state index contributed by atoms with van der Waals surface area (Å²) in [6, 6.07) is 3.80. The van der Waals surface area contributed by atoms with E-state index in [4.69, 9.17) is 4.42 Å². The van der Waals surface area contributed by atoms with Gasteiger partial charge in [-0.1, -0.05) is 6.08 Å². The Morgan fingerprint density at radius 2 is 2.28 bits per heavy atom. The molecule has 0 atom stereocenters. The second kappa shape index (κ2) is 5.64. The van der Waals surface area contributed by atoms with Gasteiger partial charge < -0.3 is 4.42 Å². The average Bonchev–Trinajstić information content (AvgIpc) is 2.91. The van der Waals surface area contributed by atoms with E-state index in [1.54, 1.807) is 28.3 Å². The number of aromatic nitrogens is 1. The molecule has 0 saturated carbocycles. The first-order chi connectivity index (χ1) is 8.70. The third kappa shape index (κ3) is 2.87. The van der Waals surface area contributed by atoms with Crippen molar-refractivity contribution in [3.63, 3.8) is 0 Å². The Bertz CT molecular complexity index is 631. The van der Waals surface area contributed by atoms with Gasteiger partial charge in [0.2, 0.25) is 4.80 Å². The first-order valence-corrected chi connectivity index (χ1v) is 6.48. The summed E-state index contributed by atoms with van der Waals surface area (Å²) in [5, 5.41) is 6.40. The minimum Gasteiger partial charge on any atom is -0.460 e. The molecule has 0 aliphatic rings. The van der Waals surface area contributed by atoms with E-state index < -0.39 is 0 Å². The van der Waals surface area contributed by atoms with Gasteiger partial charge in [-0.05, 0) is 26.0 Å². The van der Waals surface area contributed by atoms with Crippen LogP contribution in [0.4, 0.5) is 0 Å². The van der Waals surface area contributed by atoms with Crippen molar-refractivity contribution in [2.24, 2.45) is 10.1 Å². The molecule has 18 heavy (non-hydrogen) atoms. The SMILES string of the molecule is C=CCN=c1scc(C)n1N=Cc1ccc(C)o1. The highest BCUT2D eigenvalue weighted by atomic mass is 32.1. The Balaban J connectivity index is 2.31. The smallest absolute Gasteiger partial charge is 0.206 e. The molecule has 0 amide bonds. The first-order valence-electron chi connectivity index (χ1n) is 5.60. The lowest BCUT2D eigenvalue weighted by Crippen LogP contribution is -2.12. The highest BCUT2D eigenvalue weighted by Crippen LogP contribution is 2.04. The summed E-state index contributed by atoms with van der Waals surface area (Å²) >= 11 is 1.56. The molecule has 2 rings (SSSR count). The predicted molar refractivity (Wildman–Crippen MR) is 74.1 cm³/mol. The zero-order chi connectivity index (χ0) is 13.0. The molecule has 2 aromatic rings. The third-order valence-corrected chi connectivity index (χ3v) is 3.24. The molecule has 2 heterocycles. The molecule has 2 aromatic heterocycles. The predicted octanol–water partition coefficient (Wildman–Crippen LogP) is 2.73. The van der Waals surface area contributed by atoms with Crippen LogP contribution in [0.1, 0.15) is 17.2 Å². The zero-order valence-electron chi connectivity index (χ0n) is 10.5. The van der Waals surface area contributed by atoms with Crippen LogP contribution in [-0.4, -0.2) is 17.4 Å². The van der Waals surface area contributed by atoms with E-state index in [9.17, 15) is 0 Å². The van der Waals surface area contributed by atoms with Gasteiger partial charge in [0.25, 0.3) is 0 Å². The molecule has 0 aliphatic heterocycles. The summed E-state index contributed by atoms with van der Waals surface area (Å²) in [4.78, 5) is 5.24. The van der Waals surface area contributed by atoms with Gasteiger partial charge >= 0.3 is 0 Å². The zero-order valence-corrected chi connectivity index (χ0v) is 11.3. The highest BCUT2D eigenvalue weighted by molar-refractivity contribution is 7.07. The molecule has 0 N–H and O–H groups in total. The van der Waals surface area contributed by atoms with Gasteiger partial charge in [0.15, 0.2) is 0 Å². The minimum absolute atomic E-state index is 0.593. The van der Waals surface area contributed by atoms with Crippen molar-refractivity contribution in [2.45, 2.75) is 13.8 Å². The van der Waals surface area contributed by atoms with Crippen LogP contribution >= 0.6 is 11.3 Å². The van der Waals surface area contributed by atoms with Crippen molar-refractivity contribution >= 4 is 17.6 Å². The number of nitrogens with zero attached hydrogens (tertiary/aromatic N) is 3. The average molecular weight is 261 g/mol. The van der Waals surface area contributed by atoms with Crippen LogP contribution in [0.15, 0.2) is 44.7 Å². The lowest BCUT2D eigenvalue weighted by Gasteiger charge is -1.95. The quantitative estimate of drug-likeness (QED) is 0.616. The fourth-order valence-corrected chi connectivity index (χ4v) is 2.23. The Morgan fingerprint density at radius 1 is 1.44 bits per heavy atom. The fraction of sp³-hybridized carbons (Fsp3) is 0.231. The summed E-state index contributed by atoms with van der Waals surface area (Å²) in [5.74, 6) is 1.61. The highest BCUT2D eigenvalue weighted by Gasteiger charge is 1.99. The Morgan fingerprint density at radius 3 is 2.94 bits per heavy atom. The van der Waals surface area contributed by atoms with E-state index in [2.05, 4.69) is 16.7 Å². The number of furan rings is 1. The summed E-state index contributed by atoms with van der Waals surface area (Å²) in [6.45, 7) is 8.15. The van der Waals surface area contributed by atoms with Gasteiger partial charge in [-0.25, -0.2) is 4.68 Å². The topological polar surface area (TPSA) is 42.8 Å². The Labute approximate surface area is 110 Å². The van der Waals surface area contributed by atoms with Gasteiger partial charge in [0.05, 0.1) is 18.5 Å². The minimum atomic E-state index is 0.593. The molecular weight excluding hydrogens is 246 g/mol. The maximum absolute atomic E-state index is 5.44. The van der Waals surface area contributed by atoms with Crippen molar-refractivity contribution in [3.05, 3.63) is 52.2 Å². The molecular formula is C13H15N3OS. The molecule has 0 bridgehead atoms. The number of thiazole rings is 1. The van der Waals surface area contributed by atoms with Gasteiger partial charge in [0.1, 0.15) is 11.5 Å². The molecule has 0 spiro atoms. The molecule has 0 radical (unpaired) electrons. The van der Waals surface area contributed by atoms with E-state index in [1.807, 2.05) is 31.4 Å². The fourth-order valence-electron chi connectivity index (χ4n) is 1.41. The second-order valence-electron chi connectivity index (χ2n) is 3.79. The number of hydrogen-bond donors (Lipinski definition) is 0. The van der Waals surface area contributed by atoms with Gasteiger partial charge in [-0.15, -0.1) is 17.9 Å². The number of hydrogen-bond acceptors (Lipinski definition) is 4. The summed E-state index contributed by atoms with van der Waals surface area (Å²) in [7, 11) is 0. The van der Waals surface area contributed by atoms with Crippen molar-refractivity contribution in [1.29, 1.82) is 0 Å². The van der Waals surface area contributed by atoms with Crippen molar-refractivity contribution in [1.82, 2.24) is 4.68 Å². The van der Waals surface area contributed by atoms with Crippen LogP contribution in [0, 0.1) is 13.8 Å². The van der Waals surface area contributed by atoms with Crippen LogP contribution in [0.2, 0.25) is 0 Å². The molecule has 0 aliphatic carbocycles. The van der Waals surface area contributed by atoms with Crippen molar-refractivity contribution < 1.29 is 4.42 Å². The molecule has 0 aromatic carbocycles. The van der Waals surface area contributed by atoms with E-state index >= 15 is 0 Å². The van der Waals surface area contributed by atoms with E-state index in [-0.39, 0.29) is 0 Å². The van der Waals surface area contributed by atoms with Crippen LogP contribution < -0.4 is 4.80 Å². The van der Waals surface area contributed by atoms with Gasteiger partial charge in [0, 0.05) is 5.38 Å². The summed E-state index contributed by atoms with van der Waals surface area (Å²) in [5.41, 5.74) is 1.04. The second-order valence-corrected chi connectivity index (χ2v) is 4.63. The lowest BCUT2D eigenvalue weighted by atomic mass is 10.4. The van der Waals surface area contributed by atoms with Crippen molar-refractivity contribution in [2.75, 3.05) is 6.54 Å². The normalized spacial score (nSPS) is 12.4. The van der Waals surface area contributed by atoms with Gasteiger partial charge in [-0.3, -0.25) is 4.99 Å². The first kappa shape index (κ1) is 12.6. The number of aryl methyl sites for hydroxylation is 2. The van der Waals surface area contributed by atoms with Gasteiger partial charge in [-0.2, -0.15) is 5.10 Å². The van der Waals surface area contributed by atoms with Crippen LogP contribution in [-0.2, 0) is 0 Å². The Kier molecular flexibility index (Phi) is 3.94. The largest absolute Gasteiger partial charge is 0.460 e.